The van der Waals surface area contributed by atoms with Crippen LogP contribution in [0.1, 0.15) is 0 Å². The van der Waals surface area contributed by atoms with Gasteiger partial charge < -0.3 is 35.6 Å². The van der Waals surface area contributed by atoms with Crippen molar-refractivity contribution in [3.63, 3.8) is 0 Å². The maximum atomic E-state index is 9.73. The monoisotopic (exact) mass is 647 g/mol. The SMILES string of the molecule is COc1ccc2nc3cc(Cl)ccc3c(NCCNc3nc(Nc4ccc(O)cc4)nc(N4CCN(c5ccccc5)CC4)n3)c2c1. The van der Waals surface area contributed by atoms with E-state index < -0.39 is 0 Å². The van der Waals surface area contributed by atoms with E-state index in [2.05, 4.69) is 55.0 Å². The fourth-order valence-corrected chi connectivity index (χ4v) is 5.86. The van der Waals surface area contributed by atoms with Gasteiger partial charge in [-0.15, -0.1) is 0 Å². The number of fused-ring (bicyclic) bond motifs is 2. The van der Waals surface area contributed by atoms with Crippen molar-refractivity contribution in [2.45, 2.75) is 0 Å². The molecule has 0 bridgehead atoms. The highest BCUT2D eigenvalue weighted by Gasteiger charge is 2.21. The van der Waals surface area contributed by atoms with Crippen molar-refractivity contribution < 1.29 is 9.84 Å². The van der Waals surface area contributed by atoms with Crippen LogP contribution < -0.4 is 30.5 Å². The van der Waals surface area contributed by atoms with Crippen LogP contribution >= 0.6 is 11.6 Å². The maximum absolute atomic E-state index is 9.73. The van der Waals surface area contributed by atoms with Crippen LogP contribution in [-0.2, 0) is 0 Å². The van der Waals surface area contributed by atoms with E-state index in [1.807, 2.05) is 42.5 Å². The predicted molar refractivity (Wildman–Crippen MR) is 190 cm³/mol. The van der Waals surface area contributed by atoms with Gasteiger partial charge >= 0.3 is 0 Å². The van der Waals surface area contributed by atoms with Crippen LogP contribution in [0.25, 0.3) is 21.8 Å². The standard InChI is InChI=1S/C35H34ClN9O2/c1-47-27-12-14-30-29(22-27)32(28-13-7-23(36)21-31(28)40-30)37-15-16-38-33-41-34(39-24-8-10-26(46)11-9-24)43-35(42-33)45-19-17-44(18-20-45)25-5-3-2-4-6-25/h2-14,21-22,46H,15-20H2,1H3,(H,37,40)(H2,38,39,41,42,43). The third kappa shape index (κ3) is 6.85. The van der Waals surface area contributed by atoms with Gasteiger partial charge in [0.25, 0.3) is 0 Å². The third-order valence-electron chi connectivity index (χ3n) is 8.08. The van der Waals surface area contributed by atoms with Gasteiger partial charge in [0.1, 0.15) is 11.5 Å². The predicted octanol–water partition coefficient (Wildman–Crippen LogP) is 6.53. The number of piperazine rings is 1. The summed E-state index contributed by atoms with van der Waals surface area (Å²) in [5.74, 6) is 2.41. The zero-order valence-corrected chi connectivity index (χ0v) is 26.6. The zero-order valence-electron chi connectivity index (χ0n) is 25.8. The van der Waals surface area contributed by atoms with Crippen LogP contribution in [0, 0.1) is 0 Å². The number of nitrogens with one attached hydrogen (secondary N) is 3. The number of hydrogen-bond donors (Lipinski definition) is 4. The van der Waals surface area contributed by atoms with Crippen molar-refractivity contribution >= 4 is 68.3 Å². The molecule has 1 saturated heterocycles. The minimum atomic E-state index is 0.189. The van der Waals surface area contributed by atoms with Gasteiger partial charge in [-0.1, -0.05) is 29.8 Å². The summed E-state index contributed by atoms with van der Waals surface area (Å²) in [6, 6.07) is 28.8. The molecule has 12 heteroatoms. The van der Waals surface area contributed by atoms with Gasteiger partial charge in [0.15, 0.2) is 0 Å². The molecule has 0 saturated carbocycles. The lowest BCUT2D eigenvalue weighted by molar-refractivity contribution is 0.415. The summed E-state index contributed by atoms with van der Waals surface area (Å²) in [6.07, 6.45) is 0. The highest BCUT2D eigenvalue weighted by atomic mass is 35.5. The molecule has 0 spiro atoms. The minimum absolute atomic E-state index is 0.189. The molecule has 0 unspecified atom stereocenters. The summed E-state index contributed by atoms with van der Waals surface area (Å²) < 4.78 is 5.50. The number of halogens is 1. The summed E-state index contributed by atoms with van der Waals surface area (Å²) in [6.45, 7) is 4.36. The molecule has 0 atom stereocenters. The Balaban J connectivity index is 1.10. The molecule has 1 aliphatic rings. The number of pyridine rings is 1. The molecule has 0 aliphatic carbocycles. The van der Waals surface area contributed by atoms with Crippen LogP contribution in [0.4, 0.5) is 34.9 Å². The Morgan fingerprint density at radius 2 is 1.47 bits per heavy atom. The van der Waals surface area contributed by atoms with Crippen molar-refractivity contribution in [2.75, 3.05) is 72.1 Å². The third-order valence-corrected chi connectivity index (χ3v) is 8.32. The highest BCUT2D eigenvalue weighted by Crippen LogP contribution is 2.34. The number of hydrogen-bond acceptors (Lipinski definition) is 11. The number of rotatable bonds is 10. The number of phenols is 1. The van der Waals surface area contributed by atoms with Crippen LogP contribution in [0.3, 0.4) is 0 Å². The largest absolute Gasteiger partial charge is 0.508 e. The molecule has 6 aromatic rings. The van der Waals surface area contributed by atoms with Crippen molar-refractivity contribution in [2.24, 2.45) is 0 Å². The first-order chi connectivity index (χ1) is 23.0. The Hall–Kier alpha value is -5.55. The Morgan fingerprint density at radius 1 is 0.723 bits per heavy atom. The Kier molecular flexibility index (Phi) is 8.61. The van der Waals surface area contributed by atoms with Crippen molar-refractivity contribution in [3.8, 4) is 11.5 Å². The lowest BCUT2D eigenvalue weighted by Gasteiger charge is -2.36. The smallest absolute Gasteiger partial charge is 0.233 e. The second kappa shape index (κ2) is 13.4. The second-order valence-corrected chi connectivity index (χ2v) is 11.6. The van der Waals surface area contributed by atoms with Gasteiger partial charge in [-0.25, -0.2) is 4.98 Å². The van der Waals surface area contributed by atoms with E-state index in [-0.39, 0.29) is 5.75 Å². The summed E-state index contributed by atoms with van der Waals surface area (Å²) in [4.78, 5) is 23.6. The van der Waals surface area contributed by atoms with Gasteiger partial charge in [0.05, 0.1) is 23.8 Å². The summed E-state index contributed by atoms with van der Waals surface area (Å²) in [5.41, 5.74) is 4.57. The van der Waals surface area contributed by atoms with Crippen LogP contribution in [0.2, 0.25) is 5.02 Å². The lowest BCUT2D eigenvalue weighted by Crippen LogP contribution is -2.47. The van der Waals surface area contributed by atoms with E-state index in [9.17, 15) is 5.11 Å². The van der Waals surface area contributed by atoms with E-state index in [0.29, 0.717) is 36.0 Å². The summed E-state index contributed by atoms with van der Waals surface area (Å²) in [5, 5.41) is 22.5. The van der Waals surface area contributed by atoms with Crippen LogP contribution in [-0.4, -0.2) is 71.4 Å². The van der Waals surface area contributed by atoms with Gasteiger partial charge in [-0.05, 0) is 72.8 Å². The molecule has 11 nitrogen and oxygen atoms in total. The fraction of sp³-hybridized carbons (Fsp3) is 0.200. The number of anilines is 6. The first-order valence-electron chi connectivity index (χ1n) is 15.4. The average Bonchev–Trinajstić information content (AvgIpc) is 3.10. The molecule has 2 aromatic heterocycles. The first kappa shape index (κ1) is 30.1. The average molecular weight is 648 g/mol. The molecular weight excluding hydrogens is 614 g/mol. The van der Waals surface area contributed by atoms with E-state index in [1.54, 1.807) is 31.4 Å². The summed E-state index contributed by atoms with van der Waals surface area (Å²) >= 11 is 6.31. The number of phenolic OH excluding ortho intramolecular Hbond substituents is 1. The number of ether oxygens (including phenoxy) is 1. The lowest BCUT2D eigenvalue weighted by atomic mass is 10.1. The molecule has 4 aromatic carbocycles. The van der Waals surface area contributed by atoms with E-state index >= 15 is 0 Å². The fourth-order valence-electron chi connectivity index (χ4n) is 5.69. The topological polar surface area (TPSA) is 124 Å². The van der Waals surface area contributed by atoms with Crippen LogP contribution in [0.5, 0.6) is 11.5 Å². The van der Waals surface area contributed by atoms with Gasteiger partial charge in [0, 0.05) is 66.4 Å². The molecule has 47 heavy (non-hydrogen) atoms. The summed E-state index contributed by atoms with van der Waals surface area (Å²) in [7, 11) is 1.66. The Morgan fingerprint density at radius 3 is 2.26 bits per heavy atom. The van der Waals surface area contributed by atoms with Crippen molar-refractivity contribution in [3.05, 3.63) is 96.0 Å². The van der Waals surface area contributed by atoms with Crippen molar-refractivity contribution in [1.29, 1.82) is 0 Å². The quantitative estimate of drug-likeness (QED) is 0.0737. The minimum Gasteiger partial charge on any atom is -0.508 e. The van der Waals surface area contributed by atoms with Crippen LogP contribution in [0.15, 0.2) is 91.0 Å². The number of para-hydroxylation sites is 1. The number of aromatic hydroxyl groups is 1. The first-order valence-corrected chi connectivity index (χ1v) is 15.8. The maximum Gasteiger partial charge on any atom is 0.233 e. The van der Waals surface area contributed by atoms with Crippen molar-refractivity contribution in [1.82, 2.24) is 19.9 Å². The number of nitrogens with zero attached hydrogens (tertiary/aromatic N) is 6. The van der Waals surface area contributed by atoms with E-state index in [0.717, 1.165) is 65.1 Å². The molecule has 0 radical (unpaired) electrons. The second-order valence-electron chi connectivity index (χ2n) is 11.1. The van der Waals surface area contributed by atoms with Gasteiger partial charge in [-0.3, -0.25) is 0 Å². The number of methoxy groups -OCH3 is 1. The highest BCUT2D eigenvalue weighted by molar-refractivity contribution is 6.31. The number of aromatic nitrogens is 4. The zero-order chi connectivity index (χ0) is 32.2. The Labute approximate surface area is 277 Å². The molecule has 3 heterocycles. The molecule has 7 rings (SSSR count). The normalized spacial score (nSPS) is 13.1. The molecule has 0 amide bonds. The van der Waals surface area contributed by atoms with E-state index in [1.165, 1.54) is 5.69 Å². The van der Waals surface area contributed by atoms with Gasteiger partial charge in [-0.2, -0.15) is 15.0 Å². The van der Waals surface area contributed by atoms with Gasteiger partial charge in [0.2, 0.25) is 17.8 Å². The van der Waals surface area contributed by atoms with E-state index in [4.69, 9.17) is 31.3 Å². The Bertz CT molecular complexity index is 2000. The molecular formula is C35H34ClN9O2. The molecule has 238 valence electrons. The molecule has 1 fully saturated rings. The molecule has 4 N–H and O–H groups in total. The molecule has 1 aliphatic heterocycles. The number of benzene rings is 4.